The van der Waals surface area contributed by atoms with Crippen LogP contribution < -0.4 is 0 Å². The first kappa shape index (κ1) is 11.1. The van der Waals surface area contributed by atoms with Gasteiger partial charge in [-0.15, -0.1) is 11.3 Å². The van der Waals surface area contributed by atoms with Crippen LogP contribution in [0.25, 0.3) is 10.4 Å². The van der Waals surface area contributed by atoms with E-state index in [0.717, 1.165) is 6.07 Å². The predicted molar refractivity (Wildman–Crippen MR) is 61.7 cm³/mol. The van der Waals surface area contributed by atoms with Crippen LogP contribution in [0, 0.1) is 5.82 Å². The molecule has 0 atom stereocenters. The van der Waals surface area contributed by atoms with Crippen molar-refractivity contribution in [2.75, 3.05) is 0 Å². The number of aromatic carboxylic acids is 1. The Morgan fingerprint density at radius 3 is 2.62 bits per heavy atom. The molecule has 0 fully saturated rings. The highest BCUT2D eigenvalue weighted by atomic mass is 35.5. The lowest BCUT2D eigenvalue weighted by molar-refractivity contribution is 0.0697. The second kappa shape index (κ2) is 4.23. The minimum Gasteiger partial charge on any atom is -0.478 e. The fraction of sp³-hybridized carbons (Fsp3) is 0. The molecule has 0 radical (unpaired) electrons. The van der Waals surface area contributed by atoms with Crippen molar-refractivity contribution in [3.8, 4) is 10.4 Å². The molecule has 0 saturated heterocycles. The van der Waals surface area contributed by atoms with Gasteiger partial charge in [-0.25, -0.2) is 9.18 Å². The van der Waals surface area contributed by atoms with Gasteiger partial charge < -0.3 is 5.11 Å². The number of carboxylic acid groups (broad SMARTS) is 1. The lowest BCUT2D eigenvalue weighted by Crippen LogP contribution is -1.99. The van der Waals surface area contributed by atoms with Gasteiger partial charge in [0.25, 0.3) is 0 Å². The number of hydrogen-bond donors (Lipinski definition) is 1. The molecule has 0 amide bonds. The molecule has 2 aromatic rings. The number of carbonyl (C=O) groups is 1. The van der Waals surface area contributed by atoms with Crippen molar-refractivity contribution < 1.29 is 14.3 Å². The molecular formula is C11H6ClFO2S. The standard InChI is InChI=1S/C11H6ClFO2S/c12-10-4-3-9(16-10)7-2-1-6(13)5-8(7)11(14)15/h1-5H,(H,14,15). The van der Waals surface area contributed by atoms with Crippen molar-refractivity contribution in [3.05, 3.63) is 46.0 Å². The van der Waals surface area contributed by atoms with Gasteiger partial charge in [-0.2, -0.15) is 0 Å². The molecule has 0 bridgehead atoms. The number of hydrogen-bond acceptors (Lipinski definition) is 2. The van der Waals surface area contributed by atoms with Crippen molar-refractivity contribution in [2.24, 2.45) is 0 Å². The van der Waals surface area contributed by atoms with Gasteiger partial charge in [0.1, 0.15) is 5.82 Å². The summed E-state index contributed by atoms with van der Waals surface area (Å²) < 4.78 is 13.5. The highest BCUT2D eigenvalue weighted by molar-refractivity contribution is 7.19. The summed E-state index contributed by atoms with van der Waals surface area (Å²) in [6.45, 7) is 0. The summed E-state index contributed by atoms with van der Waals surface area (Å²) in [5.74, 6) is -1.72. The van der Waals surface area contributed by atoms with E-state index in [4.69, 9.17) is 16.7 Å². The Morgan fingerprint density at radius 2 is 2.06 bits per heavy atom. The molecule has 1 heterocycles. The van der Waals surface area contributed by atoms with Crippen molar-refractivity contribution >= 4 is 28.9 Å². The van der Waals surface area contributed by atoms with E-state index < -0.39 is 11.8 Å². The molecule has 0 spiro atoms. The fourth-order valence-corrected chi connectivity index (χ4v) is 2.45. The van der Waals surface area contributed by atoms with Crippen LogP contribution in [0.15, 0.2) is 30.3 Å². The molecule has 0 unspecified atom stereocenters. The van der Waals surface area contributed by atoms with Crippen molar-refractivity contribution in [1.82, 2.24) is 0 Å². The molecule has 0 aliphatic heterocycles. The summed E-state index contributed by atoms with van der Waals surface area (Å²) in [6.07, 6.45) is 0. The van der Waals surface area contributed by atoms with E-state index in [2.05, 4.69) is 0 Å². The van der Waals surface area contributed by atoms with Crippen LogP contribution in [0.3, 0.4) is 0 Å². The van der Waals surface area contributed by atoms with Crippen LogP contribution in [0.2, 0.25) is 4.34 Å². The van der Waals surface area contributed by atoms with Crippen LogP contribution in [-0.2, 0) is 0 Å². The molecule has 0 aliphatic carbocycles. The van der Waals surface area contributed by atoms with E-state index in [1.807, 2.05) is 0 Å². The maximum absolute atomic E-state index is 12.9. The molecule has 0 aliphatic rings. The van der Waals surface area contributed by atoms with Crippen LogP contribution in [0.4, 0.5) is 4.39 Å². The normalized spacial score (nSPS) is 10.4. The Kier molecular flexibility index (Phi) is 2.94. The third-order valence-electron chi connectivity index (χ3n) is 2.05. The van der Waals surface area contributed by atoms with E-state index in [1.165, 1.54) is 23.5 Å². The van der Waals surface area contributed by atoms with Gasteiger partial charge in [0.05, 0.1) is 9.90 Å². The third kappa shape index (κ3) is 2.08. The van der Waals surface area contributed by atoms with Crippen molar-refractivity contribution in [1.29, 1.82) is 0 Å². The van der Waals surface area contributed by atoms with E-state index in [0.29, 0.717) is 14.8 Å². The van der Waals surface area contributed by atoms with Gasteiger partial charge in [0, 0.05) is 10.4 Å². The Balaban J connectivity index is 2.60. The maximum Gasteiger partial charge on any atom is 0.336 e. The Hall–Kier alpha value is -1.39. The van der Waals surface area contributed by atoms with Gasteiger partial charge in [-0.1, -0.05) is 11.6 Å². The zero-order chi connectivity index (χ0) is 11.7. The molecule has 1 aromatic carbocycles. The van der Waals surface area contributed by atoms with Gasteiger partial charge in [0.15, 0.2) is 0 Å². The Labute approximate surface area is 99.9 Å². The summed E-state index contributed by atoms with van der Waals surface area (Å²) in [5, 5.41) is 8.96. The average Bonchev–Trinajstić information content (AvgIpc) is 2.64. The first-order valence-corrected chi connectivity index (χ1v) is 5.56. The molecule has 5 heteroatoms. The Bertz CT molecular complexity index is 551. The fourth-order valence-electron chi connectivity index (χ4n) is 1.37. The molecule has 0 saturated carbocycles. The maximum atomic E-state index is 12.9. The molecule has 1 N–H and O–H groups in total. The van der Waals surface area contributed by atoms with Crippen LogP contribution in [0.5, 0.6) is 0 Å². The molecule has 82 valence electrons. The van der Waals surface area contributed by atoms with E-state index >= 15 is 0 Å². The monoisotopic (exact) mass is 256 g/mol. The lowest BCUT2D eigenvalue weighted by atomic mass is 10.1. The van der Waals surface area contributed by atoms with E-state index in [1.54, 1.807) is 12.1 Å². The smallest absolute Gasteiger partial charge is 0.336 e. The lowest BCUT2D eigenvalue weighted by Gasteiger charge is -2.03. The van der Waals surface area contributed by atoms with Gasteiger partial charge in [-0.05, 0) is 30.3 Å². The zero-order valence-corrected chi connectivity index (χ0v) is 9.48. The number of halogens is 2. The summed E-state index contributed by atoms with van der Waals surface area (Å²) >= 11 is 7.03. The number of carboxylic acids is 1. The number of thiophene rings is 1. The second-order valence-electron chi connectivity index (χ2n) is 3.10. The first-order chi connectivity index (χ1) is 7.58. The van der Waals surface area contributed by atoms with Crippen molar-refractivity contribution in [3.63, 3.8) is 0 Å². The van der Waals surface area contributed by atoms with E-state index in [-0.39, 0.29) is 5.56 Å². The van der Waals surface area contributed by atoms with E-state index in [9.17, 15) is 9.18 Å². The highest BCUT2D eigenvalue weighted by Gasteiger charge is 2.14. The summed E-state index contributed by atoms with van der Waals surface area (Å²) in [7, 11) is 0. The van der Waals surface area contributed by atoms with Crippen LogP contribution >= 0.6 is 22.9 Å². The summed E-state index contributed by atoms with van der Waals surface area (Å²) in [5.41, 5.74) is 0.421. The second-order valence-corrected chi connectivity index (χ2v) is 4.81. The summed E-state index contributed by atoms with van der Waals surface area (Å²) in [6, 6.07) is 7.07. The molecule has 1 aromatic heterocycles. The molecule has 2 rings (SSSR count). The van der Waals surface area contributed by atoms with Crippen LogP contribution in [0.1, 0.15) is 10.4 Å². The average molecular weight is 257 g/mol. The van der Waals surface area contributed by atoms with Gasteiger partial charge in [0.2, 0.25) is 0 Å². The zero-order valence-electron chi connectivity index (χ0n) is 7.91. The highest BCUT2D eigenvalue weighted by Crippen LogP contribution is 2.33. The Morgan fingerprint density at radius 1 is 1.31 bits per heavy atom. The van der Waals surface area contributed by atoms with Crippen LogP contribution in [-0.4, -0.2) is 11.1 Å². The quantitative estimate of drug-likeness (QED) is 0.885. The van der Waals surface area contributed by atoms with Gasteiger partial charge in [-0.3, -0.25) is 0 Å². The topological polar surface area (TPSA) is 37.3 Å². The third-order valence-corrected chi connectivity index (χ3v) is 3.32. The largest absolute Gasteiger partial charge is 0.478 e. The number of benzene rings is 1. The first-order valence-electron chi connectivity index (χ1n) is 4.36. The molecular weight excluding hydrogens is 251 g/mol. The summed E-state index contributed by atoms with van der Waals surface area (Å²) in [4.78, 5) is 11.7. The van der Waals surface area contributed by atoms with Gasteiger partial charge >= 0.3 is 5.97 Å². The predicted octanol–water partition coefficient (Wildman–Crippen LogP) is 3.91. The minimum atomic E-state index is -1.15. The molecule has 2 nitrogen and oxygen atoms in total. The van der Waals surface area contributed by atoms with Crippen molar-refractivity contribution in [2.45, 2.75) is 0 Å². The SMILES string of the molecule is O=C(O)c1cc(F)ccc1-c1ccc(Cl)s1. The minimum absolute atomic E-state index is 0.0569. The molecule has 16 heavy (non-hydrogen) atoms. The number of rotatable bonds is 2.